The summed E-state index contributed by atoms with van der Waals surface area (Å²) in [5.41, 5.74) is 1.36. The number of allylic oxidation sites excluding steroid dienone is 1. The Kier molecular flexibility index (Phi) is 6.85. The largest absolute Gasteiger partial charge is 0.396 e. The highest BCUT2D eigenvalue weighted by atomic mass is 16.5. The number of aliphatic hydroxyl groups is 1. The molecule has 0 saturated heterocycles. The zero-order chi connectivity index (χ0) is 11.0. The monoisotopic (exact) mass is 200 g/mol. The highest BCUT2D eigenvalue weighted by Crippen LogP contribution is 2.18. The van der Waals surface area contributed by atoms with Crippen LogP contribution >= 0.6 is 0 Å². The number of aliphatic hydroxyl groups excluding tert-OH is 1. The molecule has 0 spiro atoms. The van der Waals surface area contributed by atoms with Crippen LogP contribution in [0.1, 0.15) is 46.5 Å². The summed E-state index contributed by atoms with van der Waals surface area (Å²) in [6.45, 7) is 6.59. The van der Waals surface area contributed by atoms with Crippen LogP contribution in [0.5, 0.6) is 0 Å². The van der Waals surface area contributed by atoms with Crippen molar-refractivity contribution in [3.8, 4) is 0 Å². The lowest BCUT2D eigenvalue weighted by Crippen LogP contribution is -2.21. The smallest absolute Gasteiger partial charge is 0.0622 e. The Bertz CT molecular complexity index is 171. The molecule has 0 aromatic heterocycles. The van der Waals surface area contributed by atoms with Crippen LogP contribution in [-0.4, -0.2) is 24.4 Å². The summed E-state index contributed by atoms with van der Waals surface area (Å²) < 4.78 is 5.34. The van der Waals surface area contributed by atoms with Crippen molar-refractivity contribution in [1.29, 1.82) is 0 Å². The van der Waals surface area contributed by atoms with Crippen LogP contribution in [0.2, 0.25) is 0 Å². The first-order valence-corrected chi connectivity index (χ1v) is 5.33. The van der Waals surface area contributed by atoms with Crippen LogP contribution in [0.4, 0.5) is 0 Å². The molecule has 2 heteroatoms. The summed E-state index contributed by atoms with van der Waals surface area (Å²) in [4.78, 5) is 0. The molecule has 0 unspecified atom stereocenters. The SMILES string of the molecule is COC(C)(C)CCCC(C)=CCCO. The van der Waals surface area contributed by atoms with Crippen molar-refractivity contribution in [2.45, 2.75) is 52.1 Å². The van der Waals surface area contributed by atoms with Crippen molar-refractivity contribution in [2.24, 2.45) is 0 Å². The van der Waals surface area contributed by atoms with Gasteiger partial charge < -0.3 is 9.84 Å². The highest BCUT2D eigenvalue weighted by molar-refractivity contribution is 4.97. The van der Waals surface area contributed by atoms with Crippen LogP contribution in [0, 0.1) is 0 Å². The quantitative estimate of drug-likeness (QED) is 0.640. The molecule has 84 valence electrons. The van der Waals surface area contributed by atoms with Crippen LogP contribution in [0.15, 0.2) is 11.6 Å². The minimum Gasteiger partial charge on any atom is -0.396 e. The molecule has 0 aromatic rings. The molecule has 1 N–H and O–H groups in total. The molecule has 14 heavy (non-hydrogen) atoms. The number of hydrogen-bond acceptors (Lipinski definition) is 2. The maximum Gasteiger partial charge on any atom is 0.0622 e. The maximum atomic E-state index is 8.64. The third kappa shape index (κ3) is 7.10. The van der Waals surface area contributed by atoms with Gasteiger partial charge in [-0.25, -0.2) is 0 Å². The van der Waals surface area contributed by atoms with Gasteiger partial charge in [0, 0.05) is 13.7 Å². The fraction of sp³-hybridized carbons (Fsp3) is 0.833. The van der Waals surface area contributed by atoms with E-state index in [0.29, 0.717) is 0 Å². The second-order valence-electron chi connectivity index (χ2n) is 4.38. The predicted molar refractivity (Wildman–Crippen MR) is 60.4 cm³/mol. The Morgan fingerprint density at radius 1 is 1.43 bits per heavy atom. The summed E-state index contributed by atoms with van der Waals surface area (Å²) in [5.74, 6) is 0. The van der Waals surface area contributed by atoms with Gasteiger partial charge in [0.05, 0.1) is 5.60 Å². The van der Waals surface area contributed by atoms with E-state index in [2.05, 4.69) is 26.8 Å². The fourth-order valence-corrected chi connectivity index (χ4v) is 1.31. The van der Waals surface area contributed by atoms with Crippen LogP contribution < -0.4 is 0 Å². The number of ether oxygens (including phenoxy) is 1. The van der Waals surface area contributed by atoms with E-state index in [1.54, 1.807) is 7.11 Å². The highest BCUT2D eigenvalue weighted by Gasteiger charge is 2.14. The summed E-state index contributed by atoms with van der Waals surface area (Å²) in [5, 5.41) is 8.64. The minimum atomic E-state index is -0.00272. The summed E-state index contributed by atoms with van der Waals surface area (Å²) >= 11 is 0. The third-order valence-electron chi connectivity index (χ3n) is 2.52. The van der Waals surface area contributed by atoms with Gasteiger partial charge in [0.1, 0.15) is 0 Å². The van der Waals surface area contributed by atoms with Crippen molar-refractivity contribution in [3.63, 3.8) is 0 Å². The van der Waals surface area contributed by atoms with Gasteiger partial charge in [-0.3, -0.25) is 0 Å². The third-order valence-corrected chi connectivity index (χ3v) is 2.52. The van der Waals surface area contributed by atoms with Crippen molar-refractivity contribution < 1.29 is 9.84 Å². The fourth-order valence-electron chi connectivity index (χ4n) is 1.31. The summed E-state index contributed by atoms with van der Waals surface area (Å²) in [7, 11) is 1.76. The molecule has 0 aliphatic heterocycles. The molecule has 0 amide bonds. The normalized spacial score (nSPS) is 13.4. The van der Waals surface area contributed by atoms with E-state index in [9.17, 15) is 0 Å². The first-order chi connectivity index (χ1) is 6.52. The second kappa shape index (κ2) is 7.02. The second-order valence-corrected chi connectivity index (χ2v) is 4.38. The Morgan fingerprint density at radius 2 is 2.07 bits per heavy atom. The summed E-state index contributed by atoms with van der Waals surface area (Å²) in [6.07, 6.45) is 6.22. The van der Waals surface area contributed by atoms with Crippen LogP contribution in [0.25, 0.3) is 0 Å². The molecule has 0 radical (unpaired) electrons. The van der Waals surface area contributed by atoms with Gasteiger partial charge in [-0.1, -0.05) is 11.6 Å². The lowest BCUT2D eigenvalue weighted by molar-refractivity contribution is 0.0140. The van der Waals surface area contributed by atoms with Crippen molar-refractivity contribution in [1.82, 2.24) is 0 Å². The van der Waals surface area contributed by atoms with E-state index in [1.807, 2.05) is 0 Å². The van der Waals surface area contributed by atoms with Gasteiger partial charge in [0.25, 0.3) is 0 Å². The van der Waals surface area contributed by atoms with Gasteiger partial charge in [-0.05, 0) is 46.5 Å². The van der Waals surface area contributed by atoms with E-state index in [4.69, 9.17) is 9.84 Å². The number of methoxy groups -OCH3 is 1. The van der Waals surface area contributed by atoms with E-state index in [1.165, 1.54) is 5.57 Å². The molecule has 0 saturated carbocycles. The Morgan fingerprint density at radius 3 is 2.57 bits per heavy atom. The molecule has 0 rings (SSSR count). The standard InChI is InChI=1S/C12H24O2/c1-11(8-6-10-13)7-5-9-12(2,3)14-4/h8,13H,5-7,9-10H2,1-4H3. The molecular weight excluding hydrogens is 176 g/mol. The lowest BCUT2D eigenvalue weighted by atomic mass is 9.99. The molecule has 0 bridgehead atoms. The Hall–Kier alpha value is -0.340. The zero-order valence-corrected chi connectivity index (χ0v) is 9.97. The molecular formula is C12H24O2. The number of hydrogen-bond donors (Lipinski definition) is 1. The van der Waals surface area contributed by atoms with E-state index >= 15 is 0 Å². The number of rotatable bonds is 7. The molecule has 2 nitrogen and oxygen atoms in total. The van der Waals surface area contributed by atoms with Crippen molar-refractivity contribution >= 4 is 0 Å². The summed E-state index contributed by atoms with van der Waals surface area (Å²) in [6, 6.07) is 0. The topological polar surface area (TPSA) is 29.5 Å². The first kappa shape index (κ1) is 13.7. The zero-order valence-electron chi connectivity index (χ0n) is 9.97. The average molecular weight is 200 g/mol. The molecule has 0 heterocycles. The van der Waals surface area contributed by atoms with Gasteiger partial charge in [0.2, 0.25) is 0 Å². The Balaban J connectivity index is 3.63. The maximum absolute atomic E-state index is 8.64. The molecule has 0 fully saturated rings. The minimum absolute atomic E-state index is 0.00272. The van der Waals surface area contributed by atoms with Gasteiger partial charge in [-0.2, -0.15) is 0 Å². The lowest BCUT2D eigenvalue weighted by Gasteiger charge is -2.22. The molecule has 0 aliphatic carbocycles. The van der Waals surface area contributed by atoms with Crippen LogP contribution in [-0.2, 0) is 4.74 Å². The van der Waals surface area contributed by atoms with E-state index in [0.717, 1.165) is 25.7 Å². The van der Waals surface area contributed by atoms with E-state index < -0.39 is 0 Å². The van der Waals surface area contributed by atoms with E-state index in [-0.39, 0.29) is 12.2 Å². The Labute approximate surface area is 88.0 Å². The average Bonchev–Trinajstić information content (AvgIpc) is 2.14. The van der Waals surface area contributed by atoms with Gasteiger partial charge in [-0.15, -0.1) is 0 Å². The van der Waals surface area contributed by atoms with Crippen LogP contribution in [0.3, 0.4) is 0 Å². The van der Waals surface area contributed by atoms with Gasteiger partial charge >= 0.3 is 0 Å². The predicted octanol–water partition coefficient (Wildman–Crippen LogP) is 2.91. The molecule has 0 aliphatic rings. The van der Waals surface area contributed by atoms with Gasteiger partial charge in [0.15, 0.2) is 0 Å². The van der Waals surface area contributed by atoms with Crippen molar-refractivity contribution in [2.75, 3.05) is 13.7 Å². The molecule has 0 atom stereocenters. The first-order valence-electron chi connectivity index (χ1n) is 5.33. The van der Waals surface area contributed by atoms with Crippen molar-refractivity contribution in [3.05, 3.63) is 11.6 Å². The molecule has 0 aromatic carbocycles.